The Balaban J connectivity index is 1.61. The van der Waals surface area contributed by atoms with Gasteiger partial charge in [-0.1, -0.05) is 35.5 Å². The highest BCUT2D eigenvalue weighted by Crippen LogP contribution is 2.44. The standard InChI is InChI=1S/C29H38N6O5/c1-6-38-24-17-23(18-25(39-7-2)26(24)20(4)36)19(3)35(15-16-40-21(5)22-11-9-8-10-12-22)28(37)30-29(13-14-29)27-31-33-34-32-27/h8-12,17-19,21H,6-7,13-16H2,1-5H3,(H,30,37)(H,31,32,33,34)/t19-,21+/m1/s1. The van der Waals surface area contributed by atoms with Crippen LogP contribution in [0, 0.1) is 0 Å². The van der Waals surface area contributed by atoms with Crippen LogP contribution < -0.4 is 14.8 Å². The molecule has 11 nitrogen and oxygen atoms in total. The third kappa shape index (κ3) is 6.59. The van der Waals surface area contributed by atoms with E-state index >= 15 is 0 Å². The highest BCUT2D eigenvalue weighted by molar-refractivity contribution is 5.99. The molecule has 11 heteroatoms. The molecule has 1 fully saturated rings. The molecule has 0 spiro atoms. The normalized spacial score (nSPS) is 15.1. The van der Waals surface area contributed by atoms with Crippen LogP contribution in [-0.2, 0) is 10.3 Å². The minimum Gasteiger partial charge on any atom is -0.493 e. The van der Waals surface area contributed by atoms with Gasteiger partial charge in [-0.3, -0.25) is 4.79 Å². The van der Waals surface area contributed by atoms with Gasteiger partial charge in [0.2, 0.25) is 0 Å². The highest BCUT2D eigenvalue weighted by atomic mass is 16.5. The first-order valence-corrected chi connectivity index (χ1v) is 13.7. The average molecular weight is 551 g/mol. The lowest BCUT2D eigenvalue weighted by atomic mass is 10.0. The quantitative estimate of drug-likeness (QED) is 0.275. The number of hydrogen-bond donors (Lipinski definition) is 2. The molecule has 2 atom stereocenters. The monoisotopic (exact) mass is 550 g/mol. The van der Waals surface area contributed by atoms with Gasteiger partial charge in [0.15, 0.2) is 11.6 Å². The fourth-order valence-electron chi connectivity index (χ4n) is 4.71. The molecular formula is C29H38N6O5. The zero-order valence-electron chi connectivity index (χ0n) is 23.8. The largest absolute Gasteiger partial charge is 0.493 e. The second kappa shape index (κ2) is 12.9. The molecule has 214 valence electrons. The topological polar surface area (TPSA) is 132 Å². The van der Waals surface area contributed by atoms with Gasteiger partial charge in [-0.15, -0.1) is 10.2 Å². The summed E-state index contributed by atoms with van der Waals surface area (Å²) in [4.78, 5) is 28.0. The molecule has 0 saturated heterocycles. The van der Waals surface area contributed by atoms with E-state index in [2.05, 4.69) is 25.9 Å². The first kappa shape index (κ1) is 29.0. The van der Waals surface area contributed by atoms with Crippen molar-refractivity contribution in [3.63, 3.8) is 0 Å². The molecule has 40 heavy (non-hydrogen) atoms. The first-order chi connectivity index (χ1) is 19.3. The summed E-state index contributed by atoms with van der Waals surface area (Å²) < 4.78 is 17.8. The number of nitrogens with one attached hydrogen (secondary N) is 2. The molecular weight excluding hydrogens is 512 g/mol. The minimum atomic E-state index is -0.647. The van der Waals surface area contributed by atoms with Crippen LogP contribution in [-0.4, -0.2) is 63.7 Å². The van der Waals surface area contributed by atoms with Crippen LogP contribution in [0.25, 0.3) is 0 Å². The third-order valence-electron chi connectivity index (χ3n) is 7.09. The molecule has 2 amide bonds. The molecule has 0 bridgehead atoms. The average Bonchev–Trinajstić information content (AvgIpc) is 3.49. The number of amides is 2. The third-order valence-corrected chi connectivity index (χ3v) is 7.09. The number of aromatic amines is 1. The molecule has 1 aromatic heterocycles. The van der Waals surface area contributed by atoms with Gasteiger partial charge in [0.05, 0.1) is 32.0 Å². The number of ketones is 1. The number of aromatic nitrogens is 4. The van der Waals surface area contributed by atoms with Gasteiger partial charge < -0.3 is 24.4 Å². The minimum absolute atomic E-state index is 0.139. The number of benzene rings is 2. The predicted molar refractivity (Wildman–Crippen MR) is 148 cm³/mol. The zero-order valence-corrected chi connectivity index (χ0v) is 23.8. The number of carbonyl (C=O) groups is 2. The van der Waals surface area contributed by atoms with E-state index in [4.69, 9.17) is 14.2 Å². The lowest BCUT2D eigenvalue weighted by molar-refractivity contribution is 0.0470. The number of carbonyl (C=O) groups excluding carboxylic acids is 2. The number of nitrogens with zero attached hydrogens (tertiary/aromatic N) is 4. The van der Waals surface area contributed by atoms with Crippen molar-refractivity contribution in [2.45, 2.75) is 65.1 Å². The van der Waals surface area contributed by atoms with Crippen molar-refractivity contribution in [2.24, 2.45) is 0 Å². The van der Waals surface area contributed by atoms with Crippen molar-refractivity contribution in [3.05, 3.63) is 65.0 Å². The summed E-state index contributed by atoms with van der Waals surface area (Å²) in [5.41, 5.74) is 1.58. The Morgan fingerprint density at radius 1 is 1.05 bits per heavy atom. The van der Waals surface area contributed by atoms with Crippen LogP contribution in [0.5, 0.6) is 11.5 Å². The Morgan fingerprint density at radius 2 is 1.70 bits per heavy atom. The van der Waals surface area contributed by atoms with Crippen molar-refractivity contribution >= 4 is 11.8 Å². The number of hydrogen-bond acceptors (Lipinski definition) is 8. The van der Waals surface area contributed by atoms with E-state index in [1.165, 1.54) is 6.92 Å². The molecule has 1 aliphatic carbocycles. The summed E-state index contributed by atoms with van der Waals surface area (Å²) in [6.45, 7) is 10.5. The summed E-state index contributed by atoms with van der Waals surface area (Å²) in [7, 11) is 0. The highest BCUT2D eigenvalue weighted by Gasteiger charge is 2.50. The van der Waals surface area contributed by atoms with E-state index in [1.807, 2.05) is 70.2 Å². The first-order valence-electron chi connectivity index (χ1n) is 13.7. The smallest absolute Gasteiger partial charge is 0.318 e. The van der Waals surface area contributed by atoms with Gasteiger partial charge in [0.1, 0.15) is 22.6 Å². The Labute approximate surface area is 234 Å². The van der Waals surface area contributed by atoms with Crippen molar-refractivity contribution in [3.8, 4) is 11.5 Å². The molecule has 2 aromatic carbocycles. The second-order valence-corrected chi connectivity index (χ2v) is 9.86. The molecule has 1 heterocycles. The van der Waals surface area contributed by atoms with Gasteiger partial charge in [0, 0.05) is 6.54 Å². The van der Waals surface area contributed by atoms with Crippen LogP contribution in [0.3, 0.4) is 0 Å². The number of tetrazole rings is 1. The summed E-state index contributed by atoms with van der Waals surface area (Å²) in [5, 5.41) is 17.5. The van der Waals surface area contributed by atoms with E-state index in [-0.39, 0.29) is 17.9 Å². The SMILES string of the molecule is CCOc1cc([C@@H](C)N(CCO[C@@H](C)c2ccccc2)C(=O)NC2(c3nn[nH]n3)CC2)cc(OCC)c1C(C)=O. The number of ether oxygens (including phenoxy) is 3. The lowest BCUT2D eigenvalue weighted by Gasteiger charge is -2.32. The van der Waals surface area contributed by atoms with Crippen molar-refractivity contribution in [2.75, 3.05) is 26.4 Å². The molecule has 1 saturated carbocycles. The fraction of sp³-hybridized carbons (Fsp3) is 0.483. The van der Waals surface area contributed by atoms with Crippen LogP contribution in [0.15, 0.2) is 42.5 Å². The van der Waals surface area contributed by atoms with Crippen molar-refractivity contribution in [1.29, 1.82) is 0 Å². The molecule has 2 N–H and O–H groups in total. The maximum Gasteiger partial charge on any atom is 0.318 e. The van der Waals surface area contributed by atoms with Gasteiger partial charge >= 0.3 is 6.03 Å². The Kier molecular flexibility index (Phi) is 9.36. The van der Waals surface area contributed by atoms with Crippen LogP contribution >= 0.6 is 0 Å². The predicted octanol–water partition coefficient (Wildman–Crippen LogP) is 4.74. The lowest BCUT2D eigenvalue weighted by Crippen LogP contribution is -2.47. The molecule has 0 radical (unpaired) electrons. The van der Waals surface area contributed by atoms with E-state index in [0.717, 1.165) is 24.0 Å². The van der Waals surface area contributed by atoms with Gasteiger partial charge in [-0.05, 0) is 70.7 Å². The molecule has 1 aliphatic rings. The van der Waals surface area contributed by atoms with Crippen LogP contribution in [0.4, 0.5) is 4.79 Å². The number of Topliss-reactive ketones (excluding diaryl/α,β-unsaturated/α-hetero) is 1. The van der Waals surface area contributed by atoms with Crippen LogP contribution in [0.1, 0.15) is 86.9 Å². The van der Waals surface area contributed by atoms with E-state index in [1.54, 1.807) is 4.90 Å². The fourth-order valence-corrected chi connectivity index (χ4v) is 4.71. The van der Waals surface area contributed by atoms with Crippen LogP contribution in [0.2, 0.25) is 0 Å². The summed E-state index contributed by atoms with van der Waals surface area (Å²) in [6, 6.07) is 12.9. The van der Waals surface area contributed by atoms with Gasteiger partial charge in [-0.2, -0.15) is 5.21 Å². The number of H-pyrrole nitrogens is 1. The molecule has 0 unspecified atom stereocenters. The van der Waals surface area contributed by atoms with Gasteiger partial charge in [-0.25, -0.2) is 4.79 Å². The molecule has 4 rings (SSSR count). The number of urea groups is 1. The van der Waals surface area contributed by atoms with Gasteiger partial charge in [0.25, 0.3) is 0 Å². The Bertz CT molecular complexity index is 1250. The van der Waals surface area contributed by atoms with E-state index in [9.17, 15) is 9.59 Å². The molecule has 3 aromatic rings. The summed E-state index contributed by atoms with van der Waals surface area (Å²) >= 11 is 0. The van der Waals surface area contributed by atoms with Crippen molar-refractivity contribution in [1.82, 2.24) is 30.8 Å². The zero-order chi connectivity index (χ0) is 28.7. The van der Waals surface area contributed by atoms with E-state index < -0.39 is 11.6 Å². The Morgan fingerprint density at radius 3 is 2.23 bits per heavy atom. The van der Waals surface area contributed by atoms with E-state index in [0.29, 0.717) is 49.3 Å². The maximum absolute atomic E-state index is 13.8. The second-order valence-electron chi connectivity index (χ2n) is 9.86. The number of rotatable bonds is 14. The van der Waals surface area contributed by atoms with Crippen molar-refractivity contribution < 1.29 is 23.8 Å². The summed E-state index contributed by atoms with van der Waals surface area (Å²) in [6.07, 6.45) is 1.30. The summed E-state index contributed by atoms with van der Waals surface area (Å²) in [5.74, 6) is 1.18. The Hall–Kier alpha value is -3.99. The molecule has 0 aliphatic heterocycles. The maximum atomic E-state index is 13.8.